The minimum atomic E-state index is -0.271. The van der Waals surface area contributed by atoms with Crippen molar-refractivity contribution in [2.75, 3.05) is 20.8 Å². The van der Waals surface area contributed by atoms with E-state index < -0.39 is 0 Å². The maximum absolute atomic E-state index is 12.4. The van der Waals surface area contributed by atoms with Gasteiger partial charge in [-0.05, 0) is 59.0 Å². The van der Waals surface area contributed by atoms with Crippen molar-refractivity contribution in [3.63, 3.8) is 0 Å². The first-order chi connectivity index (χ1) is 17.6. The highest BCUT2D eigenvalue weighted by molar-refractivity contribution is 5.85. The van der Waals surface area contributed by atoms with Gasteiger partial charge in [-0.25, -0.2) is 0 Å². The van der Waals surface area contributed by atoms with Crippen molar-refractivity contribution in [1.29, 1.82) is 0 Å². The zero-order valence-corrected chi connectivity index (χ0v) is 21.1. The molecule has 6 heteroatoms. The summed E-state index contributed by atoms with van der Waals surface area (Å²) in [6.45, 7) is -0.00148. The smallest absolute Gasteiger partial charge is 0.306 e. The van der Waals surface area contributed by atoms with E-state index in [1.165, 1.54) is 32.8 Å². The molecule has 0 aliphatic heterocycles. The third-order valence-electron chi connectivity index (χ3n) is 6.94. The zero-order chi connectivity index (χ0) is 25.3. The number of methoxy groups -OCH3 is 2. The highest BCUT2D eigenvalue weighted by Crippen LogP contribution is 2.33. The molecule has 1 N–H and O–H groups in total. The number of nitrogens with one attached hydrogen (secondary N) is 1. The Morgan fingerprint density at radius 3 is 2.19 bits per heavy atom. The molecule has 36 heavy (non-hydrogen) atoms. The Labute approximate surface area is 212 Å². The van der Waals surface area contributed by atoms with Crippen molar-refractivity contribution < 1.29 is 23.8 Å². The lowest BCUT2D eigenvalue weighted by Gasteiger charge is -2.18. The van der Waals surface area contributed by atoms with Crippen LogP contribution in [0.5, 0.6) is 11.5 Å². The standard InChI is InChI=1S/C30H35NO5/c1-34-26-14-12-22(13-15-26)28(19-30(33)35-2)23-10-9-21-11-16-27(18-24(21)17-23)36-20-29(32)31-25-7-5-3-4-6-8-25/h9-18,25,28H,3-8,19-20H2,1-2H3,(H,31,32). The molecule has 1 aliphatic carbocycles. The molecule has 3 aromatic rings. The summed E-state index contributed by atoms with van der Waals surface area (Å²) in [5.41, 5.74) is 2.00. The Morgan fingerprint density at radius 2 is 1.50 bits per heavy atom. The molecule has 4 rings (SSSR count). The van der Waals surface area contributed by atoms with Crippen LogP contribution in [0, 0.1) is 0 Å². The quantitative estimate of drug-likeness (QED) is 0.306. The van der Waals surface area contributed by atoms with Crippen LogP contribution in [-0.2, 0) is 14.3 Å². The topological polar surface area (TPSA) is 73.9 Å². The largest absolute Gasteiger partial charge is 0.497 e. The van der Waals surface area contributed by atoms with E-state index in [4.69, 9.17) is 14.2 Å². The minimum Gasteiger partial charge on any atom is -0.497 e. The normalized spacial score (nSPS) is 15.1. The zero-order valence-electron chi connectivity index (χ0n) is 21.1. The van der Waals surface area contributed by atoms with Crippen LogP contribution < -0.4 is 14.8 Å². The molecule has 1 atom stereocenters. The van der Waals surface area contributed by atoms with Crippen LogP contribution in [0.2, 0.25) is 0 Å². The Bertz CT molecular complexity index is 1170. The molecule has 190 valence electrons. The predicted molar refractivity (Wildman–Crippen MR) is 141 cm³/mol. The van der Waals surface area contributed by atoms with Gasteiger partial charge in [-0.3, -0.25) is 9.59 Å². The van der Waals surface area contributed by atoms with Gasteiger partial charge in [-0.2, -0.15) is 0 Å². The van der Waals surface area contributed by atoms with E-state index in [1.54, 1.807) is 7.11 Å². The number of carbonyl (C=O) groups excluding carboxylic acids is 2. The lowest BCUT2D eigenvalue weighted by molar-refractivity contribution is -0.140. The van der Waals surface area contributed by atoms with Crippen molar-refractivity contribution >= 4 is 22.6 Å². The van der Waals surface area contributed by atoms with Gasteiger partial charge in [0.05, 0.1) is 20.6 Å². The summed E-state index contributed by atoms with van der Waals surface area (Å²) in [6, 6.07) is 20.0. The summed E-state index contributed by atoms with van der Waals surface area (Å²) >= 11 is 0. The van der Waals surface area contributed by atoms with E-state index in [9.17, 15) is 9.59 Å². The molecule has 1 aliphatic rings. The fraction of sp³-hybridized carbons (Fsp3) is 0.400. The molecule has 1 saturated carbocycles. The van der Waals surface area contributed by atoms with Crippen LogP contribution in [0.25, 0.3) is 10.8 Å². The number of carbonyl (C=O) groups is 2. The molecule has 6 nitrogen and oxygen atoms in total. The number of ether oxygens (including phenoxy) is 3. The van der Waals surface area contributed by atoms with Crippen molar-refractivity contribution in [3.8, 4) is 11.5 Å². The van der Waals surface area contributed by atoms with E-state index >= 15 is 0 Å². The summed E-state index contributed by atoms with van der Waals surface area (Å²) in [6.07, 6.45) is 7.17. The van der Waals surface area contributed by atoms with Gasteiger partial charge in [0, 0.05) is 12.0 Å². The van der Waals surface area contributed by atoms with Crippen LogP contribution in [0.15, 0.2) is 60.7 Å². The summed E-state index contributed by atoms with van der Waals surface area (Å²) < 4.78 is 16.1. The van der Waals surface area contributed by atoms with Crippen LogP contribution in [0.4, 0.5) is 0 Å². The predicted octanol–water partition coefficient (Wildman–Crippen LogP) is 5.76. The summed E-state index contributed by atoms with van der Waals surface area (Å²) in [4.78, 5) is 24.7. The van der Waals surface area contributed by atoms with Gasteiger partial charge < -0.3 is 19.5 Å². The molecular weight excluding hydrogens is 454 g/mol. The Hall–Kier alpha value is -3.54. The van der Waals surface area contributed by atoms with Gasteiger partial charge >= 0.3 is 5.97 Å². The number of fused-ring (bicyclic) bond motifs is 1. The number of rotatable bonds is 9. The van der Waals surface area contributed by atoms with Gasteiger partial charge in [-0.15, -0.1) is 0 Å². The number of hydrogen-bond acceptors (Lipinski definition) is 5. The lowest BCUT2D eigenvalue weighted by atomic mass is 9.87. The van der Waals surface area contributed by atoms with Crippen LogP contribution in [-0.4, -0.2) is 38.7 Å². The summed E-state index contributed by atoms with van der Waals surface area (Å²) in [5.74, 6) is 0.896. The third kappa shape index (κ3) is 6.78. The maximum Gasteiger partial charge on any atom is 0.306 e. The van der Waals surface area contributed by atoms with Crippen molar-refractivity contribution in [2.45, 2.75) is 56.9 Å². The molecule has 3 aromatic carbocycles. The second-order valence-electron chi connectivity index (χ2n) is 9.42. The van der Waals surface area contributed by atoms with Crippen LogP contribution >= 0.6 is 0 Å². The Kier molecular flexibility index (Phi) is 8.82. The Balaban J connectivity index is 1.50. The third-order valence-corrected chi connectivity index (χ3v) is 6.94. The van der Waals surface area contributed by atoms with Crippen LogP contribution in [0.1, 0.15) is 62.0 Å². The SMILES string of the molecule is COC(=O)CC(c1ccc(OC)cc1)c1ccc2ccc(OCC(=O)NC3CCCCCC3)cc2c1. The number of esters is 1. The van der Waals surface area contributed by atoms with Gasteiger partial charge in [0.15, 0.2) is 6.61 Å². The minimum absolute atomic E-state index is 0.00148. The maximum atomic E-state index is 12.4. The molecule has 0 saturated heterocycles. The molecule has 0 radical (unpaired) electrons. The van der Waals surface area contributed by atoms with Gasteiger partial charge in [0.1, 0.15) is 11.5 Å². The van der Waals surface area contributed by atoms with Gasteiger partial charge in [-0.1, -0.05) is 62.1 Å². The van der Waals surface area contributed by atoms with Crippen LogP contribution in [0.3, 0.4) is 0 Å². The number of hydrogen-bond donors (Lipinski definition) is 1. The summed E-state index contributed by atoms with van der Waals surface area (Å²) in [7, 11) is 3.04. The molecular formula is C30H35NO5. The number of amides is 1. The van der Waals surface area contributed by atoms with Crippen molar-refractivity contribution in [3.05, 3.63) is 71.8 Å². The van der Waals surface area contributed by atoms with E-state index in [-0.39, 0.29) is 36.9 Å². The second-order valence-corrected chi connectivity index (χ2v) is 9.42. The van der Waals surface area contributed by atoms with E-state index in [2.05, 4.69) is 11.4 Å². The second kappa shape index (κ2) is 12.4. The molecule has 1 fully saturated rings. The fourth-order valence-corrected chi connectivity index (χ4v) is 4.91. The van der Waals surface area contributed by atoms with E-state index in [1.807, 2.05) is 54.6 Å². The molecule has 0 aromatic heterocycles. The highest BCUT2D eigenvalue weighted by atomic mass is 16.5. The average molecular weight is 490 g/mol. The van der Waals surface area contributed by atoms with Crippen molar-refractivity contribution in [1.82, 2.24) is 5.32 Å². The molecule has 0 spiro atoms. The first kappa shape index (κ1) is 25.5. The van der Waals surface area contributed by atoms with Gasteiger partial charge in [0.25, 0.3) is 5.91 Å². The molecule has 0 heterocycles. The molecule has 1 unspecified atom stereocenters. The number of benzene rings is 3. The summed E-state index contributed by atoms with van der Waals surface area (Å²) in [5, 5.41) is 5.16. The van der Waals surface area contributed by atoms with E-state index in [0.29, 0.717) is 5.75 Å². The monoisotopic (exact) mass is 489 g/mol. The highest BCUT2D eigenvalue weighted by Gasteiger charge is 2.20. The fourth-order valence-electron chi connectivity index (χ4n) is 4.91. The average Bonchev–Trinajstić information content (AvgIpc) is 3.18. The Morgan fingerprint density at radius 1 is 0.833 bits per heavy atom. The molecule has 0 bridgehead atoms. The lowest BCUT2D eigenvalue weighted by Crippen LogP contribution is -2.37. The first-order valence-corrected chi connectivity index (χ1v) is 12.7. The van der Waals surface area contributed by atoms with Crippen molar-refractivity contribution in [2.24, 2.45) is 0 Å². The van der Waals surface area contributed by atoms with Gasteiger partial charge in [0.2, 0.25) is 0 Å². The molecule has 1 amide bonds. The first-order valence-electron chi connectivity index (χ1n) is 12.7. The van der Waals surface area contributed by atoms with E-state index in [0.717, 1.165) is 40.5 Å².